The molecule has 1 spiro atoms. The second kappa shape index (κ2) is 5.93. The van der Waals surface area contributed by atoms with Gasteiger partial charge < -0.3 is 5.11 Å². The molecule has 152 valence electrons. The van der Waals surface area contributed by atoms with Crippen LogP contribution in [0.5, 0.6) is 0 Å². The Morgan fingerprint density at radius 2 is 1.86 bits per heavy atom. The molecule has 0 unspecified atom stereocenters. The molecule has 1 saturated heterocycles. The molecule has 5 rings (SSSR count). The predicted octanol–water partition coefficient (Wildman–Crippen LogP) is 3.56. The van der Waals surface area contributed by atoms with E-state index in [2.05, 4.69) is 50.3 Å². The van der Waals surface area contributed by atoms with Crippen molar-refractivity contribution in [1.82, 2.24) is 4.31 Å². The van der Waals surface area contributed by atoms with Crippen molar-refractivity contribution in [3.05, 3.63) is 41.5 Å². The van der Waals surface area contributed by atoms with Crippen LogP contribution in [-0.4, -0.2) is 42.8 Å². The summed E-state index contributed by atoms with van der Waals surface area (Å²) in [6.45, 7) is 5.47. The Hall–Kier alpha value is -1.17. The molecule has 0 amide bonds. The summed E-state index contributed by atoms with van der Waals surface area (Å²) < 4.78 is 28.5. The molecule has 2 bridgehead atoms. The first-order chi connectivity index (χ1) is 13.2. The first kappa shape index (κ1) is 18.8. The number of benzene rings is 1. The monoisotopic (exact) mass is 401 g/mol. The number of sulfonamides is 1. The van der Waals surface area contributed by atoms with Crippen LogP contribution < -0.4 is 0 Å². The van der Waals surface area contributed by atoms with E-state index in [1.807, 2.05) is 0 Å². The quantitative estimate of drug-likeness (QED) is 0.842. The van der Waals surface area contributed by atoms with Crippen molar-refractivity contribution in [2.45, 2.75) is 57.5 Å². The molecule has 2 saturated carbocycles. The molecule has 5 heteroatoms. The topological polar surface area (TPSA) is 57.6 Å². The minimum absolute atomic E-state index is 0.00844. The average Bonchev–Trinajstić information content (AvgIpc) is 3.19. The molecule has 3 atom stereocenters. The average molecular weight is 402 g/mol. The number of hydrogen-bond acceptors (Lipinski definition) is 3. The van der Waals surface area contributed by atoms with Gasteiger partial charge in [0.2, 0.25) is 10.0 Å². The van der Waals surface area contributed by atoms with Gasteiger partial charge in [-0.3, -0.25) is 0 Å². The second-order valence-corrected chi connectivity index (χ2v) is 12.1. The summed E-state index contributed by atoms with van der Waals surface area (Å²) in [5.41, 5.74) is 2.02. The number of piperidine rings is 1. The maximum Gasteiger partial charge on any atom is 0.214 e. The standard InChI is InChI=1S/C23H31NO3S/c1-21(2)18-8-10-23(21,20(25)15-18)16-28(26,27)24-13-11-22(12-14-24)9-7-17-5-3-4-6-19(17)22/h3-7,9,18,20,25H,8,10-16H2,1-2H3/t18-,20+,23-/m1/s1. The lowest BCUT2D eigenvalue weighted by atomic mass is 9.70. The Morgan fingerprint density at radius 3 is 2.50 bits per heavy atom. The fourth-order valence-electron chi connectivity index (χ4n) is 6.83. The fraction of sp³-hybridized carbons (Fsp3) is 0.652. The van der Waals surface area contributed by atoms with Crippen LogP contribution in [0.15, 0.2) is 30.3 Å². The van der Waals surface area contributed by atoms with Crippen LogP contribution in [0.2, 0.25) is 0 Å². The second-order valence-electron chi connectivity index (χ2n) is 10.1. The zero-order chi connectivity index (χ0) is 19.8. The van der Waals surface area contributed by atoms with Gasteiger partial charge in [-0.2, -0.15) is 0 Å². The molecule has 1 N–H and O–H groups in total. The minimum atomic E-state index is -3.39. The Balaban J connectivity index is 1.35. The molecule has 1 aromatic rings. The molecule has 0 aromatic heterocycles. The molecular weight excluding hydrogens is 370 g/mol. The van der Waals surface area contributed by atoms with E-state index in [0.29, 0.717) is 19.0 Å². The number of rotatable bonds is 3. The number of aliphatic hydroxyl groups excluding tert-OH is 1. The van der Waals surface area contributed by atoms with E-state index in [1.54, 1.807) is 4.31 Å². The van der Waals surface area contributed by atoms with Gasteiger partial charge in [-0.15, -0.1) is 0 Å². The van der Waals surface area contributed by atoms with Crippen molar-refractivity contribution in [3.8, 4) is 0 Å². The van der Waals surface area contributed by atoms with Crippen molar-refractivity contribution in [1.29, 1.82) is 0 Å². The fourth-order valence-corrected chi connectivity index (χ4v) is 9.11. The molecule has 28 heavy (non-hydrogen) atoms. The minimum Gasteiger partial charge on any atom is -0.392 e. The Morgan fingerprint density at radius 1 is 1.14 bits per heavy atom. The van der Waals surface area contributed by atoms with Gasteiger partial charge in [0.1, 0.15) is 0 Å². The highest BCUT2D eigenvalue weighted by Crippen LogP contribution is 2.66. The number of hydrogen-bond donors (Lipinski definition) is 1. The Labute approximate surface area is 168 Å². The number of fused-ring (bicyclic) bond motifs is 4. The summed E-state index contributed by atoms with van der Waals surface area (Å²) in [6.07, 6.45) is 8.29. The van der Waals surface area contributed by atoms with Gasteiger partial charge in [0.05, 0.1) is 11.9 Å². The zero-order valence-electron chi connectivity index (χ0n) is 16.9. The van der Waals surface area contributed by atoms with Gasteiger partial charge in [-0.05, 0) is 54.6 Å². The van der Waals surface area contributed by atoms with Crippen LogP contribution in [0.1, 0.15) is 57.1 Å². The van der Waals surface area contributed by atoms with E-state index in [4.69, 9.17) is 0 Å². The maximum atomic E-state index is 13.4. The van der Waals surface area contributed by atoms with E-state index >= 15 is 0 Å². The predicted molar refractivity (Wildman–Crippen MR) is 111 cm³/mol. The lowest BCUT2D eigenvalue weighted by Crippen LogP contribution is -2.51. The van der Waals surface area contributed by atoms with Gasteiger partial charge in [0.15, 0.2) is 0 Å². The van der Waals surface area contributed by atoms with Crippen LogP contribution in [-0.2, 0) is 15.4 Å². The van der Waals surface area contributed by atoms with Gasteiger partial charge in [0.25, 0.3) is 0 Å². The molecule has 1 aromatic carbocycles. The normalized spacial score (nSPS) is 35.5. The third-order valence-corrected chi connectivity index (χ3v) is 10.9. The first-order valence-electron chi connectivity index (χ1n) is 10.6. The van der Waals surface area contributed by atoms with Crippen LogP contribution in [0.4, 0.5) is 0 Å². The molecule has 3 fully saturated rings. The van der Waals surface area contributed by atoms with Crippen molar-refractivity contribution in [2.24, 2.45) is 16.7 Å². The van der Waals surface area contributed by atoms with E-state index in [-0.39, 0.29) is 16.6 Å². The summed E-state index contributed by atoms with van der Waals surface area (Å²) in [6, 6.07) is 8.47. The Kier molecular flexibility index (Phi) is 3.99. The number of nitrogens with zero attached hydrogens (tertiary/aromatic N) is 1. The summed E-state index contributed by atoms with van der Waals surface area (Å²) >= 11 is 0. The smallest absolute Gasteiger partial charge is 0.214 e. The third kappa shape index (κ3) is 2.39. The van der Waals surface area contributed by atoms with Gasteiger partial charge in [-0.1, -0.05) is 50.3 Å². The highest BCUT2D eigenvalue weighted by Gasteiger charge is 2.65. The van der Waals surface area contributed by atoms with E-state index < -0.39 is 21.5 Å². The molecule has 1 aliphatic heterocycles. The summed E-state index contributed by atoms with van der Waals surface area (Å²) in [5.74, 6) is 0.548. The van der Waals surface area contributed by atoms with Crippen molar-refractivity contribution in [2.75, 3.05) is 18.8 Å². The number of allylic oxidation sites excluding steroid dienone is 1. The largest absolute Gasteiger partial charge is 0.392 e. The van der Waals surface area contributed by atoms with E-state index in [9.17, 15) is 13.5 Å². The van der Waals surface area contributed by atoms with Crippen LogP contribution >= 0.6 is 0 Å². The lowest BCUT2D eigenvalue weighted by Gasteiger charge is -2.43. The summed E-state index contributed by atoms with van der Waals surface area (Å²) in [4.78, 5) is 0. The van der Waals surface area contributed by atoms with E-state index in [1.165, 1.54) is 11.1 Å². The van der Waals surface area contributed by atoms with Gasteiger partial charge in [-0.25, -0.2) is 12.7 Å². The van der Waals surface area contributed by atoms with Crippen molar-refractivity contribution in [3.63, 3.8) is 0 Å². The molecule has 4 nitrogen and oxygen atoms in total. The lowest BCUT2D eigenvalue weighted by molar-refractivity contribution is 0.0143. The van der Waals surface area contributed by atoms with Gasteiger partial charge in [0, 0.05) is 23.9 Å². The SMILES string of the molecule is CC1(C)[C@@H]2CC[C@@]1(CS(=O)(=O)N1CCC3(C=Cc4ccccc43)CC1)[C@@H](O)C2. The summed E-state index contributed by atoms with van der Waals surface area (Å²) in [5, 5.41) is 10.8. The molecule has 3 aliphatic carbocycles. The zero-order valence-corrected chi connectivity index (χ0v) is 17.7. The third-order valence-electron chi connectivity index (χ3n) is 8.92. The first-order valence-corrected chi connectivity index (χ1v) is 12.3. The maximum absolute atomic E-state index is 13.4. The molecule has 1 heterocycles. The van der Waals surface area contributed by atoms with Gasteiger partial charge >= 0.3 is 0 Å². The highest BCUT2D eigenvalue weighted by atomic mass is 32.2. The van der Waals surface area contributed by atoms with Crippen molar-refractivity contribution < 1.29 is 13.5 Å². The molecule has 4 aliphatic rings. The van der Waals surface area contributed by atoms with Crippen LogP contribution in [0, 0.1) is 16.7 Å². The van der Waals surface area contributed by atoms with Crippen LogP contribution in [0.25, 0.3) is 6.08 Å². The molecule has 0 radical (unpaired) electrons. The number of aliphatic hydroxyl groups is 1. The van der Waals surface area contributed by atoms with Crippen molar-refractivity contribution >= 4 is 16.1 Å². The summed E-state index contributed by atoms with van der Waals surface area (Å²) in [7, 11) is -3.39. The Bertz CT molecular complexity index is 927. The molecular formula is C23H31NO3S. The van der Waals surface area contributed by atoms with E-state index in [0.717, 1.165) is 32.1 Å². The van der Waals surface area contributed by atoms with Crippen LogP contribution in [0.3, 0.4) is 0 Å². The highest BCUT2D eigenvalue weighted by molar-refractivity contribution is 7.89.